The first-order chi connectivity index (χ1) is 10.1. The van der Waals surface area contributed by atoms with Crippen molar-refractivity contribution >= 4 is 11.6 Å². The SMILES string of the molecule is C/C(=N/NC(=O)COc1ccc(F)cc1)c1ccccc1. The Morgan fingerprint density at radius 2 is 1.81 bits per heavy atom. The maximum absolute atomic E-state index is 12.7. The molecule has 21 heavy (non-hydrogen) atoms. The summed E-state index contributed by atoms with van der Waals surface area (Å²) < 4.78 is 17.9. The topological polar surface area (TPSA) is 50.7 Å². The molecule has 1 amide bonds. The van der Waals surface area contributed by atoms with Gasteiger partial charge in [-0.15, -0.1) is 0 Å². The van der Waals surface area contributed by atoms with Gasteiger partial charge in [-0.2, -0.15) is 5.10 Å². The van der Waals surface area contributed by atoms with Gasteiger partial charge < -0.3 is 4.74 Å². The predicted octanol–water partition coefficient (Wildman–Crippen LogP) is 2.74. The molecule has 0 aliphatic rings. The van der Waals surface area contributed by atoms with E-state index in [1.165, 1.54) is 24.3 Å². The Morgan fingerprint density at radius 3 is 2.48 bits per heavy atom. The van der Waals surface area contributed by atoms with Crippen molar-refractivity contribution in [2.24, 2.45) is 5.10 Å². The number of hydrogen-bond acceptors (Lipinski definition) is 3. The third-order valence-electron chi connectivity index (χ3n) is 2.72. The molecule has 108 valence electrons. The summed E-state index contributed by atoms with van der Waals surface area (Å²) in [4.78, 5) is 11.6. The van der Waals surface area contributed by atoms with Gasteiger partial charge in [0.05, 0.1) is 5.71 Å². The lowest BCUT2D eigenvalue weighted by atomic mass is 10.1. The molecule has 0 fully saturated rings. The molecule has 0 atom stereocenters. The Balaban J connectivity index is 1.83. The van der Waals surface area contributed by atoms with E-state index in [1.54, 1.807) is 6.92 Å². The van der Waals surface area contributed by atoms with E-state index in [2.05, 4.69) is 10.5 Å². The number of nitrogens with zero attached hydrogens (tertiary/aromatic N) is 1. The molecule has 0 spiro atoms. The number of carbonyl (C=O) groups is 1. The van der Waals surface area contributed by atoms with Crippen LogP contribution in [-0.4, -0.2) is 18.2 Å². The van der Waals surface area contributed by atoms with Crippen LogP contribution in [0.5, 0.6) is 5.75 Å². The lowest BCUT2D eigenvalue weighted by Gasteiger charge is -2.05. The minimum absolute atomic E-state index is 0.183. The molecule has 0 aromatic heterocycles. The molecule has 2 aromatic carbocycles. The normalized spacial score (nSPS) is 11.0. The fourth-order valence-electron chi connectivity index (χ4n) is 1.60. The van der Waals surface area contributed by atoms with Crippen LogP contribution in [0.3, 0.4) is 0 Å². The second kappa shape index (κ2) is 7.19. The quantitative estimate of drug-likeness (QED) is 0.678. The Morgan fingerprint density at radius 1 is 1.14 bits per heavy atom. The molecule has 0 bridgehead atoms. The molecule has 0 unspecified atom stereocenters. The lowest BCUT2D eigenvalue weighted by molar-refractivity contribution is -0.123. The highest BCUT2D eigenvalue weighted by molar-refractivity contribution is 5.99. The summed E-state index contributed by atoms with van der Waals surface area (Å²) in [5.41, 5.74) is 4.04. The molecule has 0 aliphatic carbocycles. The Hall–Kier alpha value is -2.69. The summed E-state index contributed by atoms with van der Waals surface area (Å²) in [6.45, 7) is 1.62. The van der Waals surface area contributed by atoms with Crippen molar-refractivity contribution in [3.05, 3.63) is 66.0 Å². The van der Waals surface area contributed by atoms with Crippen molar-refractivity contribution in [3.63, 3.8) is 0 Å². The summed E-state index contributed by atoms with van der Waals surface area (Å²) in [7, 11) is 0. The highest BCUT2D eigenvalue weighted by atomic mass is 19.1. The first kappa shape index (κ1) is 14.7. The number of rotatable bonds is 5. The summed E-state index contributed by atoms with van der Waals surface area (Å²) in [5.74, 6) is -0.306. The summed E-state index contributed by atoms with van der Waals surface area (Å²) >= 11 is 0. The molecule has 4 nitrogen and oxygen atoms in total. The molecule has 5 heteroatoms. The number of halogens is 1. The number of nitrogens with one attached hydrogen (secondary N) is 1. The molecule has 2 rings (SSSR count). The van der Waals surface area contributed by atoms with E-state index in [-0.39, 0.29) is 18.3 Å². The van der Waals surface area contributed by atoms with E-state index < -0.39 is 0 Å². The smallest absolute Gasteiger partial charge is 0.277 e. The predicted molar refractivity (Wildman–Crippen MR) is 78.7 cm³/mol. The average molecular weight is 286 g/mol. The monoisotopic (exact) mass is 286 g/mol. The van der Waals surface area contributed by atoms with E-state index in [4.69, 9.17) is 4.74 Å². The van der Waals surface area contributed by atoms with Gasteiger partial charge in [-0.3, -0.25) is 4.79 Å². The van der Waals surface area contributed by atoms with Crippen LogP contribution in [0.4, 0.5) is 4.39 Å². The van der Waals surface area contributed by atoms with Gasteiger partial charge in [-0.05, 0) is 36.8 Å². The van der Waals surface area contributed by atoms with Crippen LogP contribution >= 0.6 is 0 Å². The number of hydrazone groups is 1. The van der Waals surface area contributed by atoms with Crippen molar-refractivity contribution in [3.8, 4) is 5.75 Å². The molecule has 0 aliphatic heterocycles. The van der Waals surface area contributed by atoms with Gasteiger partial charge in [0.2, 0.25) is 0 Å². The second-order valence-electron chi connectivity index (χ2n) is 4.34. The van der Waals surface area contributed by atoms with Crippen molar-refractivity contribution in [1.82, 2.24) is 5.43 Å². The zero-order chi connectivity index (χ0) is 15.1. The minimum Gasteiger partial charge on any atom is -0.484 e. The Bertz CT molecular complexity index is 624. The molecular formula is C16H15FN2O2. The molecular weight excluding hydrogens is 271 g/mol. The standard InChI is InChI=1S/C16H15FN2O2/c1-12(13-5-3-2-4-6-13)18-19-16(20)11-21-15-9-7-14(17)8-10-15/h2-10H,11H2,1H3,(H,19,20)/b18-12-. The van der Waals surface area contributed by atoms with E-state index in [0.717, 1.165) is 5.56 Å². The maximum atomic E-state index is 12.7. The fraction of sp³-hybridized carbons (Fsp3) is 0.125. The van der Waals surface area contributed by atoms with Gasteiger partial charge in [-0.25, -0.2) is 9.82 Å². The second-order valence-corrected chi connectivity index (χ2v) is 4.34. The first-order valence-electron chi connectivity index (χ1n) is 6.42. The number of hydrogen-bond donors (Lipinski definition) is 1. The van der Waals surface area contributed by atoms with Gasteiger partial charge in [-0.1, -0.05) is 30.3 Å². The van der Waals surface area contributed by atoms with Crippen molar-refractivity contribution in [2.75, 3.05) is 6.61 Å². The number of ether oxygens (including phenoxy) is 1. The van der Waals surface area contributed by atoms with Crippen molar-refractivity contribution < 1.29 is 13.9 Å². The molecule has 0 saturated carbocycles. The zero-order valence-corrected chi connectivity index (χ0v) is 11.5. The van der Waals surface area contributed by atoms with E-state index in [9.17, 15) is 9.18 Å². The summed E-state index contributed by atoms with van der Waals surface area (Å²) in [6.07, 6.45) is 0. The Labute approximate surface area is 122 Å². The third kappa shape index (κ3) is 4.72. The highest BCUT2D eigenvalue weighted by Crippen LogP contribution is 2.10. The fourth-order valence-corrected chi connectivity index (χ4v) is 1.60. The van der Waals surface area contributed by atoms with Gasteiger partial charge in [0.1, 0.15) is 11.6 Å². The number of benzene rings is 2. The highest BCUT2D eigenvalue weighted by Gasteiger charge is 2.03. The molecule has 0 heterocycles. The largest absolute Gasteiger partial charge is 0.484 e. The first-order valence-corrected chi connectivity index (χ1v) is 6.42. The van der Waals surface area contributed by atoms with Crippen LogP contribution in [0.1, 0.15) is 12.5 Å². The zero-order valence-electron chi connectivity index (χ0n) is 11.5. The van der Waals surface area contributed by atoms with Gasteiger partial charge in [0.25, 0.3) is 5.91 Å². The number of carbonyl (C=O) groups excluding carboxylic acids is 1. The van der Waals surface area contributed by atoms with Crippen LogP contribution in [0, 0.1) is 5.82 Å². The van der Waals surface area contributed by atoms with Crippen LogP contribution in [0.25, 0.3) is 0 Å². The lowest BCUT2D eigenvalue weighted by Crippen LogP contribution is -2.25. The van der Waals surface area contributed by atoms with Crippen LogP contribution in [-0.2, 0) is 4.79 Å². The van der Waals surface area contributed by atoms with E-state index >= 15 is 0 Å². The average Bonchev–Trinajstić information content (AvgIpc) is 2.53. The number of amides is 1. The molecule has 2 aromatic rings. The van der Waals surface area contributed by atoms with Gasteiger partial charge in [0, 0.05) is 0 Å². The van der Waals surface area contributed by atoms with E-state index in [0.29, 0.717) is 11.5 Å². The maximum Gasteiger partial charge on any atom is 0.277 e. The van der Waals surface area contributed by atoms with Gasteiger partial charge >= 0.3 is 0 Å². The van der Waals surface area contributed by atoms with Crippen molar-refractivity contribution in [1.29, 1.82) is 0 Å². The van der Waals surface area contributed by atoms with Crippen LogP contribution in [0.15, 0.2) is 59.7 Å². The summed E-state index contributed by atoms with van der Waals surface area (Å²) in [6, 6.07) is 15.0. The van der Waals surface area contributed by atoms with Crippen LogP contribution < -0.4 is 10.2 Å². The molecule has 0 saturated heterocycles. The van der Waals surface area contributed by atoms with Gasteiger partial charge in [0.15, 0.2) is 6.61 Å². The third-order valence-corrected chi connectivity index (χ3v) is 2.72. The molecule has 1 N–H and O–H groups in total. The molecule has 0 radical (unpaired) electrons. The van der Waals surface area contributed by atoms with Crippen LogP contribution in [0.2, 0.25) is 0 Å². The van der Waals surface area contributed by atoms with E-state index in [1.807, 2.05) is 30.3 Å². The van der Waals surface area contributed by atoms with Crippen molar-refractivity contribution in [2.45, 2.75) is 6.92 Å². The Kier molecular flexibility index (Phi) is 5.04. The minimum atomic E-state index is -0.380. The summed E-state index contributed by atoms with van der Waals surface area (Å²) in [5, 5.41) is 4.00.